The Hall–Kier alpha value is -2.57. The molecule has 2 amide bonds. The number of ketones is 1. The highest BCUT2D eigenvalue weighted by Gasteiger charge is 2.36. The number of nitrogens with zero attached hydrogens (tertiary/aromatic N) is 1. The molecule has 174 valence electrons. The Bertz CT molecular complexity index is 844. The summed E-state index contributed by atoms with van der Waals surface area (Å²) in [6.07, 6.45) is 9.88. The van der Waals surface area contributed by atoms with Crippen LogP contribution in [0.4, 0.5) is 5.69 Å². The number of rotatable bonds is 8. The molecule has 0 bridgehead atoms. The Morgan fingerprint density at radius 1 is 1.06 bits per heavy atom. The standard InChI is InChI=1S/C25H35N3O4/c1-32-19-11-12-20-21(14-26-22(20)13-19)24(30)25(31)28(15-17-7-3-2-4-8-17)16-23(29)27-18-9-5-6-10-18/h11-13,17-18,21,26H,2-10,14-16H2,1H3,(H,27,29). The second kappa shape index (κ2) is 10.4. The van der Waals surface area contributed by atoms with E-state index in [1.807, 2.05) is 18.2 Å². The van der Waals surface area contributed by atoms with Gasteiger partial charge in [0.05, 0.1) is 19.6 Å². The van der Waals surface area contributed by atoms with E-state index in [1.165, 1.54) is 11.3 Å². The predicted octanol–water partition coefficient (Wildman–Crippen LogP) is 3.24. The summed E-state index contributed by atoms with van der Waals surface area (Å²) in [4.78, 5) is 40.9. The van der Waals surface area contributed by atoms with Crippen molar-refractivity contribution in [2.24, 2.45) is 5.92 Å². The van der Waals surface area contributed by atoms with Gasteiger partial charge in [-0.05, 0) is 43.2 Å². The summed E-state index contributed by atoms with van der Waals surface area (Å²) in [5.41, 5.74) is 1.64. The average molecular weight is 442 g/mol. The maximum atomic E-state index is 13.4. The van der Waals surface area contributed by atoms with E-state index in [1.54, 1.807) is 7.11 Å². The zero-order valence-corrected chi connectivity index (χ0v) is 19.0. The molecule has 1 atom stereocenters. The lowest BCUT2D eigenvalue weighted by atomic mass is 9.88. The summed E-state index contributed by atoms with van der Waals surface area (Å²) in [6.45, 7) is 0.837. The first-order valence-electron chi connectivity index (χ1n) is 12.1. The Kier molecular flexibility index (Phi) is 7.33. The van der Waals surface area contributed by atoms with E-state index in [0.717, 1.165) is 62.6 Å². The molecule has 1 unspecified atom stereocenters. The molecule has 1 aromatic carbocycles. The highest BCUT2D eigenvalue weighted by Crippen LogP contribution is 2.35. The Balaban J connectivity index is 1.46. The molecule has 0 saturated heterocycles. The number of nitrogens with one attached hydrogen (secondary N) is 2. The first-order valence-corrected chi connectivity index (χ1v) is 12.1. The molecular formula is C25H35N3O4. The molecule has 2 aliphatic carbocycles. The lowest BCUT2D eigenvalue weighted by Crippen LogP contribution is -2.48. The fourth-order valence-corrected chi connectivity index (χ4v) is 5.40. The van der Waals surface area contributed by atoms with Crippen LogP contribution in [-0.2, 0) is 14.4 Å². The highest BCUT2D eigenvalue weighted by molar-refractivity contribution is 6.38. The van der Waals surface area contributed by atoms with Crippen LogP contribution in [0, 0.1) is 5.92 Å². The first kappa shape index (κ1) is 22.6. The molecule has 1 aliphatic heterocycles. The number of carbonyl (C=O) groups excluding carboxylic acids is 3. The summed E-state index contributed by atoms with van der Waals surface area (Å²) in [7, 11) is 1.60. The van der Waals surface area contributed by atoms with E-state index in [4.69, 9.17) is 4.74 Å². The molecule has 1 aromatic rings. The minimum absolute atomic E-state index is 0.0345. The number of anilines is 1. The van der Waals surface area contributed by atoms with Crippen LogP contribution in [0.25, 0.3) is 0 Å². The summed E-state index contributed by atoms with van der Waals surface area (Å²) in [5.74, 6) is -0.589. The van der Waals surface area contributed by atoms with Crippen LogP contribution < -0.4 is 15.4 Å². The lowest BCUT2D eigenvalue weighted by Gasteiger charge is -2.30. The van der Waals surface area contributed by atoms with E-state index in [9.17, 15) is 14.4 Å². The maximum Gasteiger partial charge on any atom is 0.291 e. The average Bonchev–Trinajstić information content (AvgIpc) is 3.47. The largest absolute Gasteiger partial charge is 0.497 e. The van der Waals surface area contributed by atoms with Crippen molar-refractivity contribution in [3.8, 4) is 5.75 Å². The lowest BCUT2D eigenvalue weighted by molar-refractivity contribution is -0.147. The van der Waals surface area contributed by atoms with E-state index in [0.29, 0.717) is 24.8 Å². The van der Waals surface area contributed by atoms with Gasteiger partial charge in [-0.2, -0.15) is 0 Å². The van der Waals surface area contributed by atoms with Gasteiger partial charge in [-0.3, -0.25) is 14.4 Å². The van der Waals surface area contributed by atoms with Gasteiger partial charge in [0, 0.05) is 30.9 Å². The van der Waals surface area contributed by atoms with Crippen molar-refractivity contribution in [1.29, 1.82) is 0 Å². The van der Waals surface area contributed by atoms with Gasteiger partial charge in [0.2, 0.25) is 11.7 Å². The first-order chi connectivity index (χ1) is 15.5. The quantitative estimate of drug-likeness (QED) is 0.605. The van der Waals surface area contributed by atoms with Gasteiger partial charge in [0.25, 0.3) is 5.91 Å². The van der Waals surface area contributed by atoms with Gasteiger partial charge < -0.3 is 20.3 Å². The van der Waals surface area contributed by atoms with Crippen LogP contribution in [0.5, 0.6) is 5.75 Å². The number of benzene rings is 1. The summed E-state index contributed by atoms with van der Waals surface area (Å²) in [5, 5.41) is 6.29. The number of amides is 2. The molecule has 7 heteroatoms. The number of Topliss-reactive ketones (excluding diaryl/α,β-unsaturated/α-hetero) is 1. The van der Waals surface area contributed by atoms with Gasteiger partial charge in [-0.1, -0.05) is 38.2 Å². The molecule has 2 saturated carbocycles. The third-order valence-corrected chi connectivity index (χ3v) is 7.21. The smallest absolute Gasteiger partial charge is 0.291 e. The van der Waals surface area contributed by atoms with Crippen molar-refractivity contribution in [1.82, 2.24) is 10.2 Å². The third-order valence-electron chi connectivity index (χ3n) is 7.21. The summed E-state index contributed by atoms with van der Waals surface area (Å²) < 4.78 is 5.26. The molecule has 2 N–H and O–H groups in total. The predicted molar refractivity (Wildman–Crippen MR) is 123 cm³/mol. The van der Waals surface area contributed by atoms with Gasteiger partial charge >= 0.3 is 0 Å². The highest BCUT2D eigenvalue weighted by atomic mass is 16.5. The number of methoxy groups -OCH3 is 1. The molecule has 1 heterocycles. The molecule has 7 nitrogen and oxygen atoms in total. The fraction of sp³-hybridized carbons (Fsp3) is 0.640. The van der Waals surface area contributed by atoms with E-state index in [-0.39, 0.29) is 18.5 Å². The van der Waals surface area contributed by atoms with Gasteiger partial charge in [-0.15, -0.1) is 0 Å². The van der Waals surface area contributed by atoms with Crippen LogP contribution in [-0.4, -0.2) is 55.3 Å². The van der Waals surface area contributed by atoms with Crippen LogP contribution in [0.1, 0.15) is 69.3 Å². The second-order valence-electron chi connectivity index (χ2n) is 9.49. The molecule has 32 heavy (non-hydrogen) atoms. The van der Waals surface area contributed by atoms with E-state index < -0.39 is 17.6 Å². The molecular weight excluding hydrogens is 406 g/mol. The maximum absolute atomic E-state index is 13.4. The summed E-state index contributed by atoms with van der Waals surface area (Å²) in [6, 6.07) is 5.71. The molecule has 2 fully saturated rings. The Labute approximate surface area is 190 Å². The van der Waals surface area contributed by atoms with Gasteiger partial charge in [-0.25, -0.2) is 0 Å². The number of hydrogen-bond acceptors (Lipinski definition) is 5. The third kappa shape index (κ3) is 5.25. The second-order valence-corrected chi connectivity index (χ2v) is 9.49. The van der Waals surface area contributed by atoms with Crippen LogP contribution in [0.2, 0.25) is 0 Å². The molecule has 0 spiro atoms. The van der Waals surface area contributed by atoms with Crippen LogP contribution in [0.15, 0.2) is 18.2 Å². The number of fused-ring (bicyclic) bond motifs is 1. The van der Waals surface area contributed by atoms with Crippen molar-refractivity contribution in [2.75, 3.05) is 32.1 Å². The van der Waals surface area contributed by atoms with Gasteiger partial charge in [0.1, 0.15) is 5.75 Å². The number of carbonyl (C=O) groups is 3. The molecule has 3 aliphatic rings. The molecule has 4 rings (SSSR count). The van der Waals surface area contributed by atoms with Crippen molar-refractivity contribution < 1.29 is 19.1 Å². The monoisotopic (exact) mass is 441 g/mol. The van der Waals surface area contributed by atoms with Crippen molar-refractivity contribution in [3.63, 3.8) is 0 Å². The minimum atomic E-state index is -0.535. The number of hydrogen-bond donors (Lipinski definition) is 2. The van der Waals surface area contributed by atoms with Crippen LogP contribution >= 0.6 is 0 Å². The SMILES string of the molecule is COc1ccc2c(c1)NCC2C(=O)C(=O)N(CC(=O)NC1CCCC1)CC1CCCCC1. The minimum Gasteiger partial charge on any atom is -0.497 e. The van der Waals surface area contributed by atoms with Crippen molar-refractivity contribution in [2.45, 2.75) is 69.7 Å². The topological polar surface area (TPSA) is 87.7 Å². The van der Waals surface area contributed by atoms with Crippen molar-refractivity contribution in [3.05, 3.63) is 23.8 Å². The zero-order valence-electron chi connectivity index (χ0n) is 19.0. The Morgan fingerprint density at radius 3 is 2.50 bits per heavy atom. The molecule has 0 radical (unpaired) electrons. The van der Waals surface area contributed by atoms with E-state index >= 15 is 0 Å². The fourth-order valence-electron chi connectivity index (χ4n) is 5.40. The van der Waals surface area contributed by atoms with Gasteiger partial charge in [0.15, 0.2) is 0 Å². The normalized spacial score (nSPS) is 21.0. The summed E-state index contributed by atoms with van der Waals surface area (Å²) >= 11 is 0. The molecule has 0 aromatic heterocycles. The van der Waals surface area contributed by atoms with Crippen LogP contribution in [0.3, 0.4) is 0 Å². The van der Waals surface area contributed by atoms with E-state index in [2.05, 4.69) is 10.6 Å². The van der Waals surface area contributed by atoms with Crippen molar-refractivity contribution >= 4 is 23.3 Å². The number of ether oxygens (including phenoxy) is 1. The Morgan fingerprint density at radius 2 is 1.78 bits per heavy atom. The zero-order chi connectivity index (χ0) is 22.5.